The average molecular weight is 445 g/mol. The Morgan fingerprint density at radius 3 is 2.23 bits per heavy atom. The van der Waals surface area contributed by atoms with Gasteiger partial charge in [0, 0.05) is 13.0 Å². The number of amides is 4. The zero-order chi connectivity index (χ0) is 23.7. The number of aliphatic hydroxyl groups is 1. The van der Waals surface area contributed by atoms with Gasteiger partial charge in [-0.3, -0.25) is 24.0 Å². The van der Waals surface area contributed by atoms with E-state index in [2.05, 4.69) is 10.6 Å². The molecule has 0 aromatic heterocycles. The lowest BCUT2D eigenvalue weighted by Crippen LogP contribution is -2.57. The lowest BCUT2D eigenvalue weighted by Gasteiger charge is -2.29. The number of carbonyl (C=O) groups is 6. The molecule has 31 heavy (non-hydrogen) atoms. The second-order valence-corrected chi connectivity index (χ2v) is 7.04. The van der Waals surface area contributed by atoms with Crippen LogP contribution in [-0.2, 0) is 28.8 Å². The van der Waals surface area contributed by atoms with Crippen molar-refractivity contribution in [3.05, 3.63) is 0 Å². The van der Waals surface area contributed by atoms with E-state index in [1.165, 1.54) is 0 Å². The molecule has 4 amide bonds. The predicted molar refractivity (Wildman–Crippen MR) is 102 cm³/mol. The molecule has 1 saturated heterocycles. The number of carbonyl (C=O) groups excluding carboxylic acids is 4. The highest BCUT2D eigenvalue weighted by molar-refractivity contribution is 5.95. The lowest BCUT2D eigenvalue weighted by molar-refractivity contribution is -0.145. The van der Waals surface area contributed by atoms with Crippen LogP contribution in [-0.4, -0.2) is 93.1 Å². The molecule has 1 fully saturated rings. The van der Waals surface area contributed by atoms with Gasteiger partial charge in [-0.05, 0) is 19.3 Å². The normalized spacial score (nSPS) is 18.5. The Morgan fingerprint density at radius 1 is 1.06 bits per heavy atom. The standard InChI is InChI=1S/C17H27N5O9/c18-8(6-12(19)24)14(27)20-9(3-4-13(25)26)16(29)22-5-1-2-11(22)15(28)21-10(7-23)17(30)31/h8-11,23H,1-7,18H2,(H2,19,24)(H,20,27)(H,21,28)(H,25,26)(H,30,31). The number of likely N-dealkylation sites (tertiary alicyclic amines) is 1. The number of nitrogens with two attached hydrogens (primary N) is 2. The molecule has 0 saturated carbocycles. The van der Waals surface area contributed by atoms with Crippen LogP contribution < -0.4 is 22.1 Å². The number of carboxylic acids is 2. The molecule has 0 spiro atoms. The summed E-state index contributed by atoms with van der Waals surface area (Å²) in [5.41, 5.74) is 10.5. The molecule has 0 aromatic carbocycles. The summed E-state index contributed by atoms with van der Waals surface area (Å²) in [6.07, 6.45) is -0.657. The lowest BCUT2D eigenvalue weighted by atomic mass is 10.1. The summed E-state index contributed by atoms with van der Waals surface area (Å²) in [5.74, 6) is -5.98. The number of hydrogen-bond donors (Lipinski definition) is 7. The molecule has 0 aliphatic carbocycles. The van der Waals surface area contributed by atoms with Gasteiger partial charge in [0.1, 0.15) is 18.1 Å². The van der Waals surface area contributed by atoms with Crippen LogP contribution in [0.5, 0.6) is 0 Å². The third-order valence-electron chi connectivity index (χ3n) is 4.66. The monoisotopic (exact) mass is 445 g/mol. The van der Waals surface area contributed by atoms with Gasteiger partial charge >= 0.3 is 11.9 Å². The van der Waals surface area contributed by atoms with Gasteiger partial charge in [-0.15, -0.1) is 0 Å². The fourth-order valence-corrected chi connectivity index (χ4v) is 3.07. The van der Waals surface area contributed by atoms with Crippen LogP contribution in [0.25, 0.3) is 0 Å². The van der Waals surface area contributed by atoms with Gasteiger partial charge in [0.2, 0.25) is 23.6 Å². The van der Waals surface area contributed by atoms with Gasteiger partial charge in [-0.2, -0.15) is 0 Å². The van der Waals surface area contributed by atoms with Crippen LogP contribution in [0.3, 0.4) is 0 Å². The molecular formula is C17H27N5O9. The SMILES string of the molecule is NC(=O)CC(N)C(=O)NC(CCC(=O)O)C(=O)N1CCCC1C(=O)NC(CO)C(=O)O. The maximum absolute atomic E-state index is 13.0. The van der Waals surface area contributed by atoms with Gasteiger partial charge in [0.05, 0.1) is 19.1 Å². The van der Waals surface area contributed by atoms with Gasteiger partial charge in [0.25, 0.3) is 0 Å². The highest BCUT2D eigenvalue weighted by atomic mass is 16.4. The zero-order valence-electron chi connectivity index (χ0n) is 16.7. The van der Waals surface area contributed by atoms with E-state index in [1.54, 1.807) is 0 Å². The number of carboxylic acid groups (broad SMARTS) is 2. The number of hydrogen-bond acceptors (Lipinski definition) is 8. The topological polar surface area (TPSA) is 242 Å². The Bertz CT molecular complexity index is 729. The Balaban J connectivity index is 2.96. The molecule has 4 atom stereocenters. The van der Waals surface area contributed by atoms with Crippen LogP contribution in [0.4, 0.5) is 0 Å². The van der Waals surface area contributed by atoms with Gasteiger partial charge in [-0.1, -0.05) is 0 Å². The molecule has 9 N–H and O–H groups in total. The molecule has 0 radical (unpaired) electrons. The van der Waals surface area contributed by atoms with Gasteiger partial charge in [0.15, 0.2) is 0 Å². The first-order valence-electron chi connectivity index (χ1n) is 9.48. The summed E-state index contributed by atoms with van der Waals surface area (Å²) in [7, 11) is 0. The summed E-state index contributed by atoms with van der Waals surface area (Å²) in [5, 5.41) is 31.4. The summed E-state index contributed by atoms with van der Waals surface area (Å²) >= 11 is 0. The second-order valence-electron chi connectivity index (χ2n) is 7.04. The third-order valence-corrected chi connectivity index (χ3v) is 4.66. The molecule has 0 aromatic rings. The van der Waals surface area contributed by atoms with Crippen molar-refractivity contribution >= 4 is 35.6 Å². The number of aliphatic carboxylic acids is 2. The Kier molecular flexibility index (Phi) is 9.82. The van der Waals surface area contributed by atoms with Crippen molar-refractivity contribution in [3.8, 4) is 0 Å². The molecule has 1 aliphatic rings. The molecule has 1 aliphatic heterocycles. The predicted octanol–water partition coefficient (Wildman–Crippen LogP) is -3.91. The van der Waals surface area contributed by atoms with Crippen LogP contribution >= 0.6 is 0 Å². The van der Waals surface area contributed by atoms with Crippen LogP contribution in [0.15, 0.2) is 0 Å². The van der Waals surface area contributed by atoms with E-state index in [4.69, 9.17) is 26.8 Å². The number of primary amides is 1. The highest BCUT2D eigenvalue weighted by Crippen LogP contribution is 2.20. The van der Waals surface area contributed by atoms with Gasteiger partial charge < -0.3 is 42.3 Å². The maximum Gasteiger partial charge on any atom is 0.328 e. The van der Waals surface area contributed by atoms with E-state index < -0.39 is 79.2 Å². The second kappa shape index (κ2) is 11.8. The summed E-state index contributed by atoms with van der Waals surface area (Å²) in [4.78, 5) is 71.6. The minimum Gasteiger partial charge on any atom is -0.481 e. The van der Waals surface area contributed by atoms with Crippen molar-refractivity contribution in [1.82, 2.24) is 15.5 Å². The summed E-state index contributed by atoms with van der Waals surface area (Å²) in [6.45, 7) is -0.739. The van der Waals surface area contributed by atoms with Crippen molar-refractivity contribution in [2.45, 2.75) is 56.3 Å². The zero-order valence-corrected chi connectivity index (χ0v) is 16.7. The molecular weight excluding hydrogens is 418 g/mol. The molecule has 4 unspecified atom stereocenters. The largest absolute Gasteiger partial charge is 0.481 e. The quantitative estimate of drug-likeness (QED) is 0.154. The number of rotatable bonds is 12. The van der Waals surface area contributed by atoms with E-state index in [-0.39, 0.29) is 19.4 Å². The van der Waals surface area contributed by atoms with Crippen molar-refractivity contribution in [2.75, 3.05) is 13.2 Å². The van der Waals surface area contributed by atoms with E-state index in [0.717, 1.165) is 4.90 Å². The minimum absolute atomic E-state index is 0.112. The Labute approximate surface area is 176 Å². The van der Waals surface area contributed by atoms with E-state index in [9.17, 15) is 28.8 Å². The van der Waals surface area contributed by atoms with E-state index in [1.807, 2.05) is 0 Å². The molecule has 0 bridgehead atoms. The molecule has 14 nitrogen and oxygen atoms in total. The van der Waals surface area contributed by atoms with Crippen LogP contribution in [0.2, 0.25) is 0 Å². The van der Waals surface area contributed by atoms with Gasteiger partial charge in [-0.25, -0.2) is 4.79 Å². The smallest absolute Gasteiger partial charge is 0.328 e. The van der Waals surface area contributed by atoms with Crippen molar-refractivity contribution < 1.29 is 44.1 Å². The number of nitrogens with zero attached hydrogens (tertiary/aromatic N) is 1. The fourth-order valence-electron chi connectivity index (χ4n) is 3.07. The van der Waals surface area contributed by atoms with E-state index >= 15 is 0 Å². The van der Waals surface area contributed by atoms with Crippen LogP contribution in [0, 0.1) is 0 Å². The average Bonchev–Trinajstić information content (AvgIpc) is 3.17. The minimum atomic E-state index is -1.56. The molecule has 1 heterocycles. The van der Waals surface area contributed by atoms with E-state index in [0.29, 0.717) is 6.42 Å². The first-order chi connectivity index (χ1) is 14.5. The molecule has 1 rings (SSSR count). The van der Waals surface area contributed by atoms with Crippen molar-refractivity contribution in [3.63, 3.8) is 0 Å². The highest BCUT2D eigenvalue weighted by Gasteiger charge is 2.39. The first kappa shape index (κ1) is 25.8. The Morgan fingerprint density at radius 2 is 1.71 bits per heavy atom. The Hall–Kier alpha value is -3.26. The molecule has 14 heteroatoms. The third kappa shape index (κ3) is 7.82. The summed E-state index contributed by atoms with van der Waals surface area (Å²) in [6, 6.07) is -5.32. The maximum atomic E-state index is 13.0. The van der Waals surface area contributed by atoms with Crippen molar-refractivity contribution in [2.24, 2.45) is 11.5 Å². The van der Waals surface area contributed by atoms with Crippen LogP contribution in [0.1, 0.15) is 32.1 Å². The summed E-state index contributed by atoms with van der Waals surface area (Å²) < 4.78 is 0. The first-order valence-corrected chi connectivity index (χ1v) is 9.48. The number of aliphatic hydroxyl groups excluding tert-OH is 1. The fraction of sp³-hybridized carbons (Fsp3) is 0.647. The molecule has 174 valence electrons. The number of nitrogens with one attached hydrogen (secondary N) is 2. The van der Waals surface area contributed by atoms with Crippen molar-refractivity contribution in [1.29, 1.82) is 0 Å².